The van der Waals surface area contributed by atoms with Crippen LogP contribution >= 0.6 is 0 Å². The van der Waals surface area contributed by atoms with Gasteiger partial charge >= 0.3 is 5.97 Å². The smallest absolute Gasteiger partial charge is 0.305 e. The van der Waals surface area contributed by atoms with E-state index in [2.05, 4.69) is 16.6 Å². The second kappa shape index (κ2) is 16.9. The number of aliphatic hydroxyl groups is 1. The number of aliphatic hydroxyl groups excluding tert-OH is 1. The predicted octanol–water partition coefficient (Wildman–Crippen LogP) is 2.87. The second-order valence-corrected chi connectivity index (χ2v) is 11.8. The Labute approximate surface area is 249 Å². The molecule has 1 unspecified atom stereocenters. The third-order valence-electron chi connectivity index (χ3n) is 7.25. The van der Waals surface area contributed by atoms with Gasteiger partial charge in [0.25, 0.3) is 0 Å². The topological polar surface area (TPSA) is 134 Å². The molecule has 0 radical (unpaired) electrons. The van der Waals surface area contributed by atoms with Crippen molar-refractivity contribution in [3.8, 4) is 12.3 Å². The normalized spacial score (nSPS) is 18.1. The Morgan fingerprint density at radius 2 is 1.71 bits per heavy atom. The second-order valence-electron chi connectivity index (χ2n) is 11.8. The largest absolute Gasteiger partial charge is 0.466 e. The van der Waals surface area contributed by atoms with E-state index in [1.807, 2.05) is 32.9 Å². The summed E-state index contributed by atoms with van der Waals surface area (Å²) in [5.41, 5.74) is 0.862. The van der Waals surface area contributed by atoms with E-state index in [0.717, 1.165) is 18.4 Å². The third-order valence-corrected chi connectivity index (χ3v) is 7.25. The van der Waals surface area contributed by atoms with Gasteiger partial charge in [0.15, 0.2) is 0 Å². The van der Waals surface area contributed by atoms with E-state index in [1.54, 1.807) is 19.1 Å². The molecule has 0 saturated carbocycles. The molecule has 3 N–H and O–H groups in total. The van der Waals surface area contributed by atoms with Crippen molar-refractivity contribution in [1.29, 1.82) is 0 Å². The van der Waals surface area contributed by atoms with Crippen LogP contribution in [0.5, 0.6) is 0 Å². The molecule has 1 saturated heterocycles. The quantitative estimate of drug-likeness (QED) is 0.164. The zero-order valence-corrected chi connectivity index (χ0v) is 25.6. The van der Waals surface area contributed by atoms with Crippen LogP contribution in [0.2, 0.25) is 0 Å². The number of benzene rings is 1. The lowest BCUT2D eigenvalue weighted by Crippen LogP contribution is -2.58. The molecule has 42 heavy (non-hydrogen) atoms. The number of hydrogen-bond donors (Lipinski definition) is 3. The van der Waals surface area contributed by atoms with Gasteiger partial charge < -0.3 is 30.1 Å². The molecule has 0 spiro atoms. The summed E-state index contributed by atoms with van der Waals surface area (Å²) in [6.07, 6.45) is 8.17. The number of likely N-dealkylation sites (tertiary alicyclic amines) is 1. The SMILES string of the molecule is C#Cc1ccc([C@H](COC)NC(=O)[C@@H]2C[C@@H](O)CN2C(=O)C(NC(=O)CCCCCCC(=O)OCC)C(C)(C)C)cc1. The van der Waals surface area contributed by atoms with Crippen molar-refractivity contribution in [3.63, 3.8) is 0 Å². The summed E-state index contributed by atoms with van der Waals surface area (Å²) in [7, 11) is 1.53. The van der Waals surface area contributed by atoms with Gasteiger partial charge in [0.1, 0.15) is 12.1 Å². The highest BCUT2D eigenvalue weighted by atomic mass is 16.5. The third kappa shape index (κ3) is 10.8. The van der Waals surface area contributed by atoms with Gasteiger partial charge in [-0.05, 0) is 42.9 Å². The van der Waals surface area contributed by atoms with Gasteiger partial charge in [0.05, 0.1) is 25.4 Å². The number of nitrogens with zero attached hydrogens (tertiary/aromatic N) is 1. The lowest BCUT2D eigenvalue weighted by molar-refractivity contribution is -0.144. The molecule has 3 amide bonds. The van der Waals surface area contributed by atoms with E-state index in [4.69, 9.17) is 15.9 Å². The van der Waals surface area contributed by atoms with E-state index in [0.29, 0.717) is 31.4 Å². The van der Waals surface area contributed by atoms with E-state index in [1.165, 1.54) is 12.0 Å². The molecular weight excluding hydrogens is 538 g/mol. The number of nitrogens with one attached hydrogen (secondary N) is 2. The Morgan fingerprint density at radius 3 is 2.29 bits per heavy atom. The van der Waals surface area contributed by atoms with Crippen molar-refractivity contribution in [3.05, 3.63) is 35.4 Å². The fourth-order valence-electron chi connectivity index (χ4n) is 4.96. The van der Waals surface area contributed by atoms with Gasteiger partial charge in [-0.1, -0.05) is 51.7 Å². The lowest BCUT2D eigenvalue weighted by Gasteiger charge is -2.35. The van der Waals surface area contributed by atoms with E-state index in [-0.39, 0.29) is 37.9 Å². The Balaban J connectivity index is 2.04. The van der Waals surface area contributed by atoms with Crippen LogP contribution in [0.25, 0.3) is 0 Å². The molecule has 1 fully saturated rings. The maximum absolute atomic E-state index is 13.8. The fraction of sp³-hybridized carbons (Fsp3) is 0.625. The highest BCUT2D eigenvalue weighted by Crippen LogP contribution is 2.27. The molecule has 0 aromatic heterocycles. The summed E-state index contributed by atoms with van der Waals surface area (Å²) in [6.45, 7) is 7.88. The minimum atomic E-state index is -0.905. The average molecular weight is 586 g/mol. The first-order chi connectivity index (χ1) is 19.9. The molecule has 1 aromatic rings. The zero-order valence-electron chi connectivity index (χ0n) is 25.6. The number of rotatable bonds is 15. The number of ether oxygens (including phenoxy) is 2. The number of β-amino-alcohol motifs (C(OH)–C–C–N with tert-alkyl or cyclic N) is 1. The Hall–Kier alpha value is -3.42. The molecule has 0 aliphatic carbocycles. The van der Waals surface area contributed by atoms with Crippen molar-refractivity contribution in [2.45, 2.75) is 96.9 Å². The standard InChI is InChI=1S/C32H47N3O7/c1-7-22-15-17-23(18-16-22)25(21-41-6)33-30(39)26-19-24(36)20-35(26)31(40)29(32(3,4)5)34-27(37)13-11-9-10-12-14-28(38)42-8-2/h1,15-18,24-26,29,36H,8-14,19-21H2,2-6H3,(H,33,39)(H,34,37)/t24-,25+,26+,29?/m1/s1. The monoisotopic (exact) mass is 585 g/mol. The molecule has 2 rings (SSSR count). The molecular formula is C32H47N3O7. The summed E-state index contributed by atoms with van der Waals surface area (Å²) in [6, 6.07) is 4.91. The Morgan fingerprint density at radius 1 is 1.07 bits per heavy atom. The zero-order chi connectivity index (χ0) is 31.3. The number of esters is 1. The number of amides is 3. The first-order valence-corrected chi connectivity index (χ1v) is 14.7. The van der Waals surface area contributed by atoms with Crippen molar-refractivity contribution >= 4 is 23.7 Å². The Bertz CT molecular complexity index is 1090. The van der Waals surface area contributed by atoms with Gasteiger partial charge in [-0.25, -0.2) is 0 Å². The Kier molecular flexibility index (Phi) is 14.0. The first-order valence-electron chi connectivity index (χ1n) is 14.7. The molecule has 232 valence electrons. The number of unbranched alkanes of at least 4 members (excludes halogenated alkanes) is 3. The number of carbonyl (C=O) groups excluding carboxylic acids is 4. The summed E-state index contributed by atoms with van der Waals surface area (Å²) in [5, 5.41) is 16.3. The van der Waals surface area contributed by atoms with Gasteiger partial charge in [-0.3, -0.25) is 19.2 Å². The average Bonchev–Trinajstić information content (AvgIpc) is 3.34. The summed E-state index contributed by atoms with van der Waals surface area (Å²) < 4.78 is 10.2. The van der Waals surface area contributed by atoms with Crippen molar-refractivity contribution < 1.29 is 33.8 Å². The predicted molar refractivity (Wildman–Crippen MR) is 159 cm³/mol. The summed E-state index contributed by atoms with van der Waals surface area (Å²) in [4.78, 5) is 52.9. The molecule has 1 aliphatic rings. The van der Waals surface area contributed by atoms with Gasteiger partial charge in [-0.2, -0.15) is 0 Å². The minimum Gasteiger partial charge on any atom is -0.466 e. The van der Waals surface area contributed by atoms with Crippen molar-refractivity contribution in [2.24, 2.45) is 5.41 Å². The van der Waals surface area contributed by atoms with Gasteiger partial charge in [0.2, 0.25) is 17.7 Å². The minimum absolute atomic E-state index is 0.00829. The van der Waals surface area contributed by atoms with E-state index < -0.39 is 41.5 Å². The fourth-order valence-corrected chi connectivity index (χ4v) is 4.96. The van der Waals surface area contributed by atoms with Crippen molar-refractivity contribution in [2.75, 3.05) is 26.9 Å². The number of hydrogen-bond acceptors (Lipinski definition) is 7. The number of methoxy groups -OCH3 is 1. The van der Waals surface area contributed by atoms with Crippen molar-refractivity contribution in [1.82, 2.24) is 15.5 Å². The van der Waals surface area contributed by atoms with Crippen LogP contribution < -0.4 is 10.6 Å². The van der Waals surface area contributed by atoms with Crippen LogP contribution in [-0.2, 0) is 28.7 Å². The maximum Gasteiger partial charge on any atom is 0.305 e. The number of terminal acetylenes is 1. The van der Waals surface area contributed by atoms with Gasteiger partial charge in [-0.15, -0.1) is 6.42 Å². The van der Waals surface area contributed by atoms with Crippen LogP contribution in [0.1, 0.15) is 89.8 Å². The molecule has 4 atom stereocenters. The molecule has 10 nitrogen and oxygen atoms in total. The van der Waals surface area contributed by atoms with Crippen LogP contribution in [0.3, 0.4) is 0 Å². The maximum atomic E-state index is 13.8. The van der Waals surface area contributed by atoms with Crippen LogP contribution in [0, 0.1) is 17.8 Å². The van der Waals surface area contributed by atoms with Crippen LogP contribution in [-0.4, -0.2) is 78.8 Å². The molecule has 1 aliphatic heterocycles. The van der Waals surface area contributed by atoms with Crippen LogP contribution in [0.4, 0.5) is 0 Å². The lowest BCUT2D eigenvalue weighted by atomic mass is 9.85. The molecule has 1 heterocycles. The van der Waals surface area contributed by atoms with E-state index in [9.17, 15) is 24.3 Å². The highest BCUT2D eigenvalue weighted by Gasteiger charge is 2.44. The summed E-state index contributed by atoms with van der Waals surface area (Å²) in [5.74, 6) is 1.26. The molecule has 1 aromatic carbocycles. The van der Waals surface area contributed by atoms with E-state index >= 15 is 0 Å². The first kappa shape index (κ1) is 34.8. The highest BCUT2D eigenvalue weighted by molar-refractivity contribution is 5.93. The summed E-state index contributed by atoms with van der Waals surface area (Å²) >= 11 is 0. The molecule has 0 bridgehead atoms. The number of carbonyl (C=O) groups is 4. The molecule has 10 heteroatoms. The van der Waals surface area contributed by atoms with Gasteiger partial charge in [0, 0.05) is 38.5 Å². The van der Waals surface area contributed by atoms with Crippen LogP contribution in [0.15, 0.2) is 24.3 Å².